The molecule has 35 heavy (non-hydrogen) atoms. The molecule has 2 fully saturated rings. The number of aromatic nitrogens is 1. The fourth-order valence-electron chi connectivity index (χ4n) is 4.81. The molecule has 0 radical (unpaired) electrons. The molecule has 7 nitrogen and oxygen atoms in total. The van der Waals surface area contributed by atoms with Gasteiger partial charge in [0.25, 0.3) is 5.91 Å². The van der Waals surface area contributed by atoms with Gasteiger partial charge >= 0.3 is 0 Å². The second kappa shape index (κ2) is 9.87. The number of carbonyl (C=O) groups excluding carboxylic acids is 3. The number of rotatable bonds is 7. The molecule has 2 saturated heterocycles. The van der Waals surface area contributed by atoms with Gasteiger partial charge in [-0.3, -0.25) is 14.4 Å². The van der Waals surface area contributed by atoms with Crippen LogP contribution >= 0.6 is 11.3 Å². The largest absolute Gasteiger partial charge is 0.376 e. The van der Waals surface area contributed by atoms with Gasteiger partial charge in [0.05, 0.1) is 28.4 Å². The van der Waals surface area contributed by atoms with Gasteiger partial charge in [0, 0.05) is 25.1 Å². The third-order valence-corrected chi connectivity index (χ3v) is 7.69. The van der Waals surface area contributed by atoms with E-state index in [0.717, 1.165) is 33.6 Å². The molecule has 0 N–H and O–H groups in total. The lowest BCUT2D eigenvalue weighted by atomic mass is 10.1. The van der Waals surface area contributed by atoms with Crippen molar-refractivity contribution in [2.24, 2.45) is 0 Å². The van der Waals surface area contributed by atoms with Crippen molar-refractivity contribution in [1.82, 2.24) is 9.88 Å². The summed E-state index contributed by atoms with van der Waals surface area (Å²) in [6.45, 7) is 5.02. The van der Waals surface area contributed by atoms with Crippen molar-refractivity contribution in [2.75, 3.05) is 18.1 Å². The molecular weight excluding hydrogens is 462 g/mol. The van der Waals surface area contributed by atoms with Gasteiger partial charge in [0.2, 0.25) is 11.8 Å². The number of benzene rings is 2. The van der Waals surface area contributed by atoms with Crippen molar-refractivity contribution >= 4 is 45.0 Å². The van der Waals surface area contributed by atoms with Gasteiger partial charge in [-0.25, -0.2) is 9.88 Å². The number of carbonyl (C=O) groups is 3. The molecule has 0 aliphatic carbocycles. The number of anilines is 1. The first kappa shape index (κ1) is 23.6. The molecule has 3 aromatic rings. The Hall–Kier alpha value is -3.10. The quantitative estimate of drug-likeness (QED) is 0.447. The average Bonchev–Trinajstić information content (AvgIpc) is 3.57. The Morgan fingerprint density at radius 3 is 2.71 bits per heavy atom. The van der Waals surface area contributed by atoms with Gasteiger partial charge in [-0.05, 0) is 68.1 Å². The molecule has 2 unspecified atom stereocenters. The summed E-state index contributed by atoms with van der Waals surface area (Å²) in [5, 5.41) is 0.891. The van der Waals surface area contributed by atoms with E-state index >= 15 is 0 Å². The van der Waals surface area contributed by atoms with Crippen LogP contribution < -0.4 is 4.90 Å². The summed E-state index contributed by atoms with van der Waals surface area (Å²) in [6, 6.07) is 12.7. The van der Waals surface area contributed by atoms with E-state index in [4.69, 9.17) is 9.72 Å². The predicted octanol–water partition coefficient (Wildman–Crippen LogP) is 4.71. The number of hydrogen-bond acceptors (Lipinski definition) is 6. The van der Waals surface area contributed by atoms with Gasteiger partial charge in [0.1, 0.15) is 11.0 Å². The number of thiazole rings is 1. The van der Waals surface area contributed by atoms with Crippen LogP contribution in [0, 0.1) is 6.92 Å². The second-order valence-electron chi connectivity index (χ2n) is 9.26. The molecular formula is C27H29N3O4S. The van der Waals surface area contributed by atoms with E-state index in [0.29, 0.717) is 31.7 Å². The molecule has 8 heteroatoms. The Morgan fingerprint density at radius 2 is 2.00 bits per heavy atom. The number of aryl methyl sites for hydroxylation is 1. The van der Waals surface area contributed by atoms with Gasteiger partial charge in [-0.15, -0.1) is 11.3 Å². The maximum atomic E-state index is 13.4. The number of imide groups is 1. The molecule has 2 aromatic carbocycles. The Labute approximate surface area is 208 Å². The molecule has 2 aliphatic rings. The minimum absolute atomic E-state index is 0.0000201. The van der Waals surface area contributed by atoms with Gasteiger partial charge in [0.15, 0.2) is 0 Å². The third kappa shape index (κ3) is 4.73. The van der Waals surface area contributed by atoms with Crippen LogP contribution in [0.15, 0.2) is 42.5 Å². The maximum absolute atomic E-state index is 13.4. The minimum Gasteiger partial charge on any atom is -0.376 e. The highest BCUT2D eigenvalue weighted by Crippen LogP contribution is 2.33. The monoisotopic (exact) mass is 491 g/mol. The van der Waals surface area contributed by atoms with Crippen LogP contribution in [-0.2, 0) is 19.1 Å². The third-order valence-electron chi connectivity index (χ3n) is 6.62. The van der Waals surface area contributed by atoms with E-state index < -0.39 is 6.04 Å². The maximum Gasteiger partial charge on any atom is 0.257 e. The summed E-state index contributed by atoms with van der Waals surface area (Å²) in [6.07, 6.45) is 2.77. The Balaban J connectivity index is 1.36. The van der Waals surface area contributed by atoms with Crippen LogP contribution in [0.1, 0.15) is 44.6 Å². The Bertz CT molecular complexity index is 1260. The molecule has 1 aromatic heterocycles. The van der Waals surface area contributed by atoms with E-state index in [9.17, 15) is 14.4 Å². The van der Waals surface area contributed by atoms with E-state index in [1.54, 1.807) is 28.4 Å². The summed E-state index contributed by atoms with van der Waals surface area (Å²) in [4.78, 5) is 46.8. The first-order chi connectivity index (χ1) is 16.9. The first-order valence-electron chi connectivity index (χ1n) is 12.2. The van der Waals surface area contributed by atoms with Gasteiger partial charge < -0.3 is 9.64 Å². The van der Waals surface area contributed by atoms with Crippen molar-refractivity contribution in [3.8, 4) is 10.6 Å². The zero-order valence-electron chi connectivity index (χ0n) is 20.0. The van der Waals surface area contributed by atoms with E-state index in [2.05, 4.69) is 13.0 Å². The van der Waals surface area contributed by atoms with E-state index in [1.165, 1.54) is 10.5 Å². The van der Waals surface area contributed by atoms with Crippen molar-refractivity contribution in [3.63, 3.8) is 0 Å². The zero-order valence-corrected chi connectivity index (χ0v) is 20.8. The predicted molar refractivity (Wildman–Crippen MR) is 136 cm³/mol. The van der Waals surface area contributed by atoms with E-state index in [-0.39, 0.29) is 30.2 Å². The van der Waals surface area contributed by atoms with Crippen molar-refractivity contribution in [3.05, 3.63) is 48.0 Å². The van der Waals surface area contributed by atoms with Crippen molar-refractivity contribution in [2.45, 2.75) is 58.1 Å². The average molecular weight is 492 g/mol. The van der Waals surface area contributed by atoms with Crippen molar-refractivity contribution < 1.29 is 19.1 Å². The highest BCUT2D eigenvalue weighted by atomic mass is 32.1. The fourth-order valence-corrected chi connectivity index (χ4v) is 5.88. The Kier molecular flexibility index (Phi) is 6.67. The molecule has 2 aliphatic heterocycles. The standard InChI is InChI=1S/C27H29N3O4S/c1-3-5-24(31)29(16-20-6-4-13-34-20)22-15-25(32)30(27(22)33)19-10-8-18(9-11-19)26-28-21-12-7-17(2)14-23(21)35-26/h7-12,14,20,22H,3-6,13,15-16H2,1-2H3. The van der Waals surface area contributed by atoms with Crippen molar-refractivity contribution in [1.29, 1.82) is 0 Å². The van der Waals surface area contributed by atoms with E-state index in [1.807, 2.05) is 31.2 Å². The smallest absolute Gasteiger partial charge is 0.257 e. The van der Waals surface area contributed by atoms with Crippen LogP contribution in [0.5, 0.6) is 0 Å². The first-order valence-corrected chi connectivity index (χ1v) is 13.0. The molecule has 3 amide bonds. The summed E-state index contributed by atoms with van der Waals surface area (Å²) in [5.41, 5.74) is 3.59. The SMILES string of the molecule is CCCC(=O)N(CC1CCCO1)C1CC(=O)N(c2ccc(-c3nc4ccc(C)cc4s3)cc2)C1=O. The topological polar surface area (TPSA) is 79.8 Å². The molecule has 182 valence electrons. The zero-order chi connectivity index (χ0) is 24.5. The summed E-state index contributed by atoms with van der Waals surface area (Å²) in [5.74, 6) is -0.733. The molecule has 3 heterocycles. The lowest BCUT2D eigenvalue weighted by Crippen LogP contribution is -2.48. The molecule has 2 atom stereocenters. The summed E-state index contributed by atoms with van der Waals surface area (Å²) < 4.78 is 6.84. The number of fused-ring (bicyclic) bond motifs is 1. The molecule has 0 bridgehead atoms. The summed E-state index contributed by atoms with van der Waals surface area (Å²) in [7, 11) is 0. The number of hydrogen-bond donors (Lipinski definition) is 0. The lowest BCUT2D eigenvalue weighted by Gasteiger charge is -2.29. The second-order valence-corrected chi connectivity index (χ2v) is 10.3. The highest BCUT2D eigenvalue weighted by Gasteiger charge is 2.44. The van der Waals surface area contributed by atoms with Crippen LogP contribution in [-0.4, -0.2) is 52.9 Å². The van der Waals surface area contributed by atoms with Gasteiger partial charge in [-0.2, -0.15) is 0 Å². The van der Waals surface area contributed by atoms with Crippen LogP contribution in [0.4, 0.5) is 5.69 Å². The minimum atomic E-state index is -0.780. The highest BCUT2D eigenvalue weighted by molar-refractivity contribution is 7.21. The number of amides is 3. The molecule has 5 rings (SSSR count). The summed E-state index contributed by atoms with van der Waals surface area (Å²) >= 11 is 1.62. The van der Waals surface area contributed by atoms with Crippen LogP contribution in [0.25, 0.3) is 20.8 Å². The lowest BCUT2D eigenvalue weighted by molar-refractivity contribution is -0.140. The molecule has 0 spiro atoms. The molecule has 0 saturated carbocycles. The number of nitrogens with zero attached hydrogens (tertiary/aromatic N) is 3. The van der Waals surface area contributed by atoms with Gasteiger partial charge in [-0.1, -0.05) is 13.0 Å². The number of ether oxygens (including phenoxy) is 1. The fraction of sp³-hybridized carbons (Fsp3) is 0.407. The van der Waals surface area contributed by atoms with Crippen LogP contribution in [0.2, 0.25) is 0 Å². The van der Waals surface area contributed by atoms with Crippen LogP contribution in [0.3, 0.4) is 0 Å². The normalized spacial score (nSPS) is 20.2. The Morgan fingerprint density at radius 1 is 1.20 bits per heavy atom.